The van der Waals surface area contributed by atoms with Gasteiger partial charge >= 0.3 is 0 Å². The van der Waals surface area contributed by atoms with Crippen LogP contribution >= 0.6 is 27.5 Å². The minimum Gasteiger partial charge on any atom is -0.336 e. The molecule has 136 valence electrons. The number of pyridine rings is 1. The Labute approximate surface area is 166 Å². The summed E-state index contributed by atoms with van der Waals surface area (Å²) < 4.78 is 3.22. The van der Waals surface area contributed by atoms with Crippen LogP contribution in [0.1, 0.15) is 51.4 Å². The summed E-state index contributed by atoms with van der Waals surface area (Å²) in [4.78, 5) is 12.2. The molecule has 2 fully saturated rings. The summed E-state index contributed by atoms with van der Waals surface area (Å²) in [5.41, 5.74) is 1.98. The lowest BCUT2D eigenvalue weighted by Gasteiger charge is -2.36. The maximum atomic E-state index is 6.50. The van der Waals surface area contributed by atoms with Gasteiger partial charge in [-0.15, -0.1) is 0 Å². The highest BCUT2D eigenvalue weighted by Crippen LogP contribution is 2.40. The van der Waals surface area contributed by atoms with Gasteiger partial charge in [0.05, 0.1) is 20.4 Å². The minimum absolute atomic E-state index is 0.589. The van der Waals surface area contributed by atoms with Gasteiger partial charge in [-0.05, 0) is 53.7 Å². The summed E-state index contributed by atoms with van der Waals surface area (Å²) >= 11 is 10.3. The normalized spacial score (nSPS) is 19.2. The van der Waals surface area contributed by atoms with Crippen molar-refractivity contribution in [2.75, 3.05) is 4.90 Å². The molecule has 0 saturated heterocycles. The summed E-state index contributed by atoms with van der Waals surface area (Å²) in [6.45, 7) is 0. The Morgan fingerprint density at radius 2 is 1.58 bits per heavy atom. The van der Waals surface area contributed by atoms with Gasteiger partial charge in [-0.25, -0.2) is 9.97 Å². The van der Waals surface area contributed by atoms with Crippen molar-refractivity contribution >= 4 is 50.0 Å². The molecule has 3 heterocycles. The third kappa shape index (κ3) is 2.55. The molecule has 3 aromatic heterocycles. The van der Waals surface area contributed by atoms with Crippen molar-refractivity contribution < 1.29 is 0 Å². The fourth-order valence-corrected chi connectivity index (χ4v) is 5.94. The molecule has 4 nitrogen and oxygen atoms in total. The molecular formula is C20H22BrClN4. The standard InChI is InChI=1S/C20H22BrClN4/c21-18-16-10-12-24-20(26(16)19-17(18)15(22)9-11-23-19)25(13-5-1-2-6-13)14-7-3-4-8-14/h9-14H,1-8H2. The Bertz CT molecular complexity index is 941. The zero-order valence-electron chi connectivity index (χ0n) is 14.7. The first-order valence-electron chi connectivity index (χ1n) is 9.63. The van der Waals surface area contributed by atoms with Gasteiger partial charge in [-0.3, -0.25) is 4.40 Å². The molecule has 0 unspecified atom stereocenters. The second-order valence-corrected chi connectivity index (χ2v) is 8.75. The van der Waals surface area contributed by atoms with Crippen LogP contribution in [-0.2, 0) is 0 Å². The first-order chi connectivity index (χ1) is 12.8. The Balaban J connectivity index is 1.77. The highest BCUT2D eigenvalue weighted by molar-refractivity contribution is 9.10. The van der Waals surface area contributed by atoms with Gasteiger partial charge in [0.2, 0.25) is 5.95 Å². The van der Waals surface area contributed by atoms with Crippen LogP contribution < -0.4 is 4.90 Å². The molecular weight excluding hydrogens is 412 g/mol. The smallest absolute Gasteiger partial charge is 0.212 e. The summed E-state index contributed by atoms with van der Waals surface area (Å²) in [6, 6.07) is 5.08. The topological polar surface area (TPSA) is 33.4 Å². The SMILES string of the molecule is Clc1ccnc2c1c(Br)c1ccnc(N(C3CCCC3)C3CCCC3)n12. The van der Waals surface area contributed by atoms with Crippen LogP contribution in [0.4, 0.5) is 5.95 Å². The number of nitrogens with zero attached hydrogens (tertiary/aromatic N) is 4. The number of rotatable bonds is 3. The highest BCUT2D eigenvalue weighted by atomic mass is 79.9. The van der Waals surface area contributed by atoms with E-state index in [2.05, 4.69) is 30.2 Å². The van der Waals surface area contributed by atoms with Crippen LogP contribution in [0.3, 0.4) is 0 Å². The van der Waals surface area contributed by atoms with Crippen molar-refractivity contribution in [3.8, 4) is 0 Å². The fraction of sp³-hybridized carbons (Fsp3) is 0.500. The van der Waals surface area contributed by atoms with Gasteiger partial charge in [-0.2, -0.15) is 0 Å². The van der Waals surface area contributed by atoms with Crippen molar-refractivity contribution in [3.05, 3.63) is 34.0 Å². The van der Waals surface area contributed by atoms with Crippen molar-refractivity contribution in [3.63, 3.8) is 0 Å². The van der Waals surface area contributed by atoms with Crippen LogP contribution in [0.15, 0.2) is 29.0 Å². The lowest BCUT2D eigenvalue weighted by atomic mass is 10.1. The molecule has 0 N–H and O–H groups in total. The predicted molar refractivity (Wildman–Crippen MR) is 110 cm³/mol. The molecule has 0 atom stereocenters. The van der Waals surface area contributed by atoms with Gasteiger partial charge in [0.15, 0.2) is 0 Å². The number of hydrogen-bond acceptors (Lipinski definition) is 3. The zero-order chi connectivity index (χ0) is 17.7. The average Bonchev–Trinajstić information content (AvgIpc) is 3.39. The number of aromatic nitrogens is 3. The number of halogens is 2. The van der Waals surface area contributed by atoms with Gasteiger partial charge in [0.1, 0.15) is 5.65 Å². The summed E-state index contributed by atoms with van der Waals surface area (Å²) in [6.07, 6.45) is 14.1. The molecule has 0 aromatic carbocycles. The van der Waals surface area contributed by atoms with E-state index in [0.29, 0.717) is 12.1 Å². The number of hydrogen-bond donors (Lipinski definition) is 0. The molecule has 0 aliphatic heterocycles. The second-order valence-electron chi connectivity index (χ2n) is 7.55. The van der Waals surface area contributed by atoms with Crippen molar-refractivity contribution in [2.24, 2.45) is 0 Å². The monoisotopic (exact) mass is 432 g/mol. The quantitative estimate of drug-likeness (QED) is 0.508. The van der Waals surface area contributed by atoms with Crippen LogP contribution in [0.25, 0.3) is 16.6 Å². The largest absolute Gasteiger partial charge is 0.336 e. The Kier molecular flexibility index (Phi) is 4.32. The van der Waals surface area contributed by atoms with Crippen LogP contribution in [-0.4, -0.2) is 26.5 Å². The maximum Gasteiger partial charge on any atom is 0.212 e. The van der Waals surface area contributed by atoms with E-state index in [9.17, 15) is 0 Å². The van der Waals surface area contributed by atoms with Crippen LogP contribution in [0.2, 0.25) is 5.02 Å². The Morgan fingerprint density at radius 1 is 0.962 bits per heavy atom. The molecule has 5 rings (SSSR count). The van der Waals surface area contributed by atoms with E-state index in [4.69, 9.17) is 16.6 Å². The zero-order valence-corrected chi connectivity index (χ0v) is 17.0. The third-order valence-electron chi connectivity index (χ3n) is 6.07. The van der Waals surface area contributed by atoms with Gasteiger partial charge in [-0.1, -0.05) is 37.3 Å². The molecule has 3 aromatic rings. The van der Waals surface area contributed by atoms with Gasteiger partial charge in [0.25, 0.3) is 0 Å². The van der Waals surface area contributed by atoms with E-state index in [1.165, 1.54) is 51.4 Å². The van der Waals surface area contributed by atoms with Crippen LogP contribution in [0.5, 0.6) is 0 Å². The first kappa shape index (κ1) is 16.8. The van der Waals surface area contributed by atoms with E-state index in [1.54, 1.807) is 6.20 Å². The lowest BCUT2D eigenvalue weighted by molar-refractivity contribution is 0.500. The van der Waals surface area contributed by atoms with E-state index in [-0.39, 0.29) is 0 Å². The van der Waals surface area contributed by atoms with Gasteiger partial charge < -0.3 is 4.90 Å². The summed E-state index contributed by atoms with van der Waals surface area (Å²) in [7, 11) is 0. The summed E-state index contributed by atoms with van der Waals surface area (Å²) in [5.74, 6) is 1.03. The Morgan fingerprint density at radius 3 is 2.23 bits per heavy atom. The number of anilines is 1. The molecule has 0 spiro atoms. The molecule has 2 aliphatic carbocycles. The van der Waals surface area contributed by atoms with E-state index in [1.807, 2.05) is 18.3 Å². The third-order valence-corrected chi connectivity index (χ3v) is 7.18. The lowest BCUT2D eigenvalue weighted by Crippen LogP contribution is -2.42. The van der Waals surface area contributed by atoms with Crippen molar-refractivity contribution in [2.45, 2.75) is 63.5 Å². The summed E-state index contributed by atoms with van der Waals surface area (Å²) in [5, 5.41) is 1.70. The molecule has 2 saturated carbocycles. The minimum atomic E-state index is 0.589. The molecule has 26 heavy (non-hydrogen) atoms. The van der Waals surface area contributed by atoms with Crippen LogP contribution in [0, 0.1) is 0 Å². The second kappa shape index (κ2) is 6.68. The van der Waals surface area contributed by atoms with Crippen molar-refractivity contribution in [1.82, 2.24) is 14.4 Å². The maximum absolute atomic E-state index is 6.50. The fourth-order valence-electron chi connectivity index (χ4n) is 4.90. The Hall–Kier alpha value is -1.33. The molecule has 0 amide bonds. The van der Waals surface area contributed by atoms with Crippen molar-refractivity contribution in [1.29, 1.82) is 0 Å². The van der Waals surface area contributed by atoms with E-state index in [0.717, 1.165) is 32.0 Å². The van der Waals surface area contributed by atoms with Gasteiger partial charge in [0, 0.05) is 24.5 Å². The predicted octanol–water partition coefficient (Wildman–Crippen LogP) is 5.99. The molecule has 0 radical (unpaired) electrons. The molecule has 0 bridgehead atoms. The van der Waals surface area contributed by atoms with E-state index < -0.39 is 0 Å². The highest BCUT2D eigenvalue weighted by Gasteiger charge is 2.33. The molecule has 2 aliphatic rings. The van der Waals surface area contributed by atoms with E-state index >= 15 is 0 Å². The average molecular weight is 434 g/mol. The molecule has 6 heteroatoms. The number of fused-ring (bicyclic) bond motifs is 3. The first-order valence-corrected chi connectivity index (χ1v) is 10.8.